The Labute approximate surface area is 758 Å². The number of esters is 4. The quantitative estimate of drug-likeness (QED) is 0.00775. The first kappa shape index (κ1) is 120. The van der Waals surface area contributed by atoms with E-state index in [1.165, 1.54) is 41.5 Å². The molecular weight excluding hydrogens is 1770 g/mol. The van der Waals surface area contributed by atoms with Gasteiger partial charge in [0.05, 0.1) is 77.3 Å². The minimum absolute atomic E-state index is 0. The largest absolute Gasteiger partial charge is 0.465 e. The van der Waals surface area contributed by atoms with Crippen molar-refractivity contribution in [2.45, 2.75) is 282 Å². The van der Waals surface area contributed by atoms with E-state index in [-0.39, 0.29) is 144 Å². The van der Waals surface area contributed by atoms with E-state index in [4.69, 9.17) is 73.3 Å². The molecule has 0 spiro atoms. The van der Waals surface area contributed by atoms with E-state index in [9.17, 15) is 42.5 Å². The molecule has 3 fully saturated rings. The number of hydrogen-bond acceptors (Lipinski definition) is 35. The predicted molar refractivity (Wildman–Crippen MR) is 499 cm³/mol. The molecule has 1 unspecified atom stereocenters. The number of nitrogens with two attached hydrogens (primary N) is 7. The Morgan fingerprint density at radius 1 is 0.376 bits per heavy atom. The van der Waals surface area contributed by atoms with Crippen molar-refractivity contribution in [1.29, 1.82) is 0 Å². The maximum Gasteiger partial charge on any atom is 0.323 e. The molecule has 125 heavy (non-hydrogen) atoms. The highest BCUT2D eigenvalue weighted by molar-refractivity contribution is 7.60. The Morgan fingerprint density at radius 3 is 0.792 bits per heavy atom. The molecule has 6 aromatic rings. The lowest BCUT2D eigenvalue weighted by Crippen LogP contribution is -2.43. The highest BCUT2D eigenvalue weighted by atomic mass is 35.5. The number of carbonyl (C=O) groups is 6. The number of imidazole rings is 3. The van der Waals surface area contributed by atoms with E-state index >= 15 is 0 Å². The average molecular weight is 1920 g/mol. The van der Waals surface area contributed by atoms with Gasteiger partial charge in [0.15, 0.2) is 50.9 Å². The second-order valence-corrected chi connectivity index (χ2v) is 37.2. The number of carbonyl (C=O) groups excluding carboxylic acids is 6. The summed E-state index contributed by atoms with van der Waals surface area (Å²) in [7, 11) is -10.5. The monoisotopic (exact) mass is 1910 g/mol. The number of hydrogen-bond donors (Lipinski definition) is 16. The molecule has 23 N–H and O–H groups in total. The second-order valence-electron chi connectivity index (χ2n) is 30.4. The minimum atomic E-state index is -3.58. The van der Waals surface area contributed by atoms with Gasteiger partial charge in [-0.2, -0.15) is 29.9 Å². The van der Waals surface area contributed by atoms with E-state index in [1.54, 1.807) is 67.3 Å². The van der Waals surface area contributed by atoms with Gasteiger partial charge in [-0.1, -0.05) is 62.3 Å². The Morgan fingerprint density at radius 2 is 0.592 bits per heavy atom. The fraction of sp³-hybridized carbons (Fsp3) is 0.716. The third-order valence-corrected chi connectivity index (χ3v) is 22.3. The smallest absolute Gasteiger partial charge is 0.323 e. The zero-order valence-corrected chi connectivity index (χ0v) is 81.7. The summed E-state index contributed by atoms with van der Waals surface area (Å²) in [6.45, 7) is 37.0. The number of fused-ring (bicyclic) bond motifs is 3. The van der Waals surface area contributed by atoms with Gasteiger partial charge >= 0.3 is 23.9 Å². The maximum atomic E-state index is 13.7. The van der Waals surface area contributed by atoms with Crippen LogP contribution in [-0.4, -0.2) is 238 Å². The summed E-state index contributed by atoms with van der Waals surface area (Å²) in [5.74, 6) is -0.364. The summed E-state index contributed by atoms with van der Waals surface area (Å²) >= 11 is 0. The number of Topliss-reactive ketones (excluding diaryl/α,β-unsaturated/α-hetero) is 2. The first-order chi connectivity index (χ1) is 56.8. The fourth-order valence-corrected chi connectivity index (χ4v) is 16.1. The van der Waals surface area contributed by atoms with Crippen molar-refractivity contribution in [3.05, 3.63) is 19.0 Å². The molecule has 51 heteroatoms. The van der Waals surface area contributed by atoms with Crippen LogP contribution in [0.2, 0.25) is 0 Å². The Hall–Kier alpha value is -7.00. The number of nitrogens with zero attached hydrogens (tertiary/aromatic N) is 12. The molecule has 0 saturated heterocycles. The fourth-order valence-electron chi connectivity index (χ4n) is 9.74. The van der Waals surface area contributed by atoms with Crippen molar-refractivity contribution in [3.63, 3.8) is 0 Å². The molecular formula is C74H143Cl4N28O16P3. The van der Waals surface area contributed by atoms with Gasteiger partial charge in [-0.3, -0.25) is 42.5 Å². The minimum Gasteiger partial charge on any atom is -0.465 e. The normalized spacial score (nSPS) is 14.7. The summed E-state index contributed by atoms with van der Waals surface area (Å²) in [5.41, 5.74) is 41.6. The molecule has 3 aliphatic rings. The van der Waals surface area contributed by atoms with E-state index in [2.05, 4.69) is 91.3 Å². The standard InChI is InChI=1S/C22H37N8O6P.C21H35N8O6P.C19H31N8O4P.4C3H9N.4ClH/c1-5-10-36-21(32)15(4)29-37(33,28-14(3)20(31)35-6-2)13-34-11-9-30-12-24-17-18(25-16-7-8-16)26-22(23)27-19(17)30;1-5-34-19(30)13(3)27-36(32,28-14(4)20(31)35-6-2)12-33-10-9-29-11-23-16-17(24-15-7-8-15)25-21(22)26-18(16)29;1-11(13(3)28)25-32(30,26-12(2)14(4)29)10-31-8-7-27-9-21-16-17(22-15-5-6-15)23-19(20)24-18(16)27;4*1-3(2)4;;;;/h12,14-16H,5-11,13H2,1-4H3,(H2,28,29,33)(H3,23,25,26,27);11,13-15H,5-10,12H2,1-4H3,(H2,27,28,32)(H3,22,24,25,26);9,11-12,15H,5-8,10H2,1-4H3,(H2,25,26,30)(H3,20,22,23,24);4*3H,4H2,1-2H3;4*1H/t14-,15-,37?;13-,14-;11-,12-;;;;;;;;/m000......../s1. The third-order valence-electron chi connectivity index (χ3n) is 15.8. The predicted octanol–water partition coefficient (Wildman–Crippen LogP) is 7.24. The van der Waals surface area contributed by atoms with E-state index in [1.807, 2.05) is 62.3 Å². The number of nitrogens with one attached hydrogen (secondary N) is 9. The summed E-state index contributed by atoms with van der Waals surface area (Å²) in [6.07, 6.45) is 11.2. The van der Waals surface area contributed by atoms with Gasteiger partial charge in [-0.05, 0) is 145 Å². The van der Waals surface area contributed by atoms with Crippen LogP contribution in [0, 0.1) is 0 Å². The van der Waals surface area contributed by atoms with Crippen molar-refractivity contribution in [3.8, 4) is 0 Å². The van der Waals surface area contributed by atoms with E-state index in [0.717, 1.165) is 38.5 Å². The molecule has 3 aliphatic carbocycles. The maximum absolute atomic E-state index is 13.7. The van der Waals surface area contributed by atoms with Crippen LogP contribution in [-0.2, 0) is 95.3 Å². The van der Waals surface area contributed by atoms with Gasteiger partial charge in [0.25, 0.3) is 0 Å². The lowest BCUT2D eigenvalue weighted by Gasteiger charge is -2.26. The second kappa shape index (κ2) is 60.7. The van der Waals surface area contributed by atoms with Crippen LogP contribution in [0.4, 0.5) is 35.3 Å². The molecule has 3 saturated carbocycles. The zero-order valence-electron chi connectivity index (χ0n) is 75.8. The van der Waals surface area contributed by atoms with Crippen molar-refractivity contribution in [1.82, 2.24) is 89.1 Å². The number of nitrogen functional groups attached to an aromatic ring is 3. The number of ketones is 2. The van der Waals surface area contributed by atoms with Gasteiger partial charge in [0.2, 0.25) is 40.2 Å². The highest BCUT2D eigenvalue weighted by Crippen LogP contribution is 2.41. The molecule has 7 atom stereocenters. The number of anilines is 6. The lowest BCUT2D eigenvalue weighted by molar-refractivity contribution is -0.146. The number of ether oxygens (including phenoxy) is 7. The first-order valence-corrected chi connectivity index (χ1v) is 46.6. The number of aromatic nitrogens is 12. The molecule has 44 nitrogen and oxygen atoms in total. The van der Waals surface area contributed by atoms with Crippen LogP contribution < -0.4 is 86.6 Å². The van der Waals surface area contributed by atoms with Gasteiger partial charge in [0, 0.05) is 37.8 Å². The number of halogens is 4. The third kappa shape index (κ3) is 47.8. The van der Waals surface area contributed by atoms with E-state index in [0.29, 0.717) is 119 Å². The average Bonchev–Trinajstić information content (AvgIpc) is 1.65. The molecule has 0 bridgehead atoms. The molecule has 0 radical (unpaired) electrons. The molecule has 6 heterocycles. The van der Waals surface area contributed by atoms with Crippen LogP contribution >= 0.6 is 72.0 Å². The summed E-state index contributed by atoms with van der Waals surface area (Å²) in [6, 6.07) is -2.39. The first-order valence-electron chi connectivity index (χ1n) is 40.9. The molecule has 0 aliphatic heterocycles. The van der Waals surface area contributed by atoms with Gasteiger partial charge in [-0.15, -0.1) is 49.6 Å². The van der Waals surface area contributed by atoms with Crippen molar-refractivity contribution in [2.24, 2.45) is 22.9 Å². The molecule has 6 aromatic heterocycles. The van der Waals surface area contributed by atoms with Crippen LogP contribution in [0.3, 0.4) is 0 Å². The Balaban J connectivity index is 0. The van der Waals surface area contributed by atoms with E-state index < -0.39 is 82.5 Å². The highest BCUT2D eigenvalue weighted by Gasteiger charge is 2.36. The lowest BCUT2D eigenvalue weighted by atomic mass is 10.3. The Bertz CT molecular complexity index is 4250. The summed E-state index contributed by atoms with van der Waals surface area (Å²) in [5, 5.41) is 26.5. The summed E-state index contributed by atoms with van der Waals surface area (Å²) in [4.78, 5) is 111. The molecule has 718 valence electrons. The topological polar surface area (TPSA) is 639 Å². The number of rotatable bonds is 44. The molecule has 9 rings (SSSR count). The van der Waals surface area contributed by atoms with Crippen LogP contribution in [0.5, 0.6) is 0 Å². The van der Waals surface area contributed by atoms with Crippen LogP contribution in [0.15, 0.2) is 19.0 Å². The molecule has 0 amide bonds. The van der Waals surface area contributed by atoms with Gasteiger partial charge in [-0.25, -0.2) is 45.5 Å². The zero-order chi connectivity index (χ0) is 91.1. The Kier molecular flexibility index (Phi) is 58.3. The van der Waals surface area contributed by atoms with Crippen molar-refractivity contribution < 1.29 is 75.6 Å². The summed E-state index contributed by atoms with van der Waals surface area (Å²) < 4.78 is 83.1. The SMILES string of the molecule is CC(=O)[C@H](C)NP(=O)(COCCn1cnc2c(NC3CC3)nc(N)nc21)N[C@@H](C)C(C)=O.CC(C)N.CC(C)N.CC(C)N.CC(C)N.CCCOC(=O)[C@H](C)NP(=O)(COCCn1cnc2c(NC3CC3)nc(N)nc21)N[C@@H](C)C(=O)OCC.CCOC(=O)[C@H](C)NP(=O)(COCCn1cnc2c(NC3CC3)nc(N)nc21)N[C@@H](C)C(=O)OCC.Cl.Cl.Cl.Cl. The van der Waals surface area contributed by atoms with Crippen LogP contribution in [0.25, 0.3) is 33.5 Å². The van der Waals surface area contributed by atoms with Gasteiger partial charge in [0.1, 0.15) is 54.8 Å². The molecule has 0 aromatic carbocycles. The van der Waals surface area contributed by atoms with Crippen LogP contribution in [0.1, 0.15) is 183 Å². The van der Waals surface area contributed by atoms with Crippen molar-refractivity contribution in [2.75, 3.05) is 98.4 Å². The van der Waals surface area contributed by atoms with Crippen molar-refractivity contribution >= 4 is 176 Å². The van der Waals surface area contributed by atoms with Gasteiger partial charge < -0.3 is 103 Å².